The highest BCUT2D eigenvalue weighted by Crippen LogP contribution is 2.35. The van der Waals surface area contributed by atoms with Crippen LogP contribution < -0.4 is 0 Å². The summed E-state index contributed by atoms with van der Waals surface area (Å²) in [5, 5.41) is 37.9. The van der Waals surface area contributed by atoms with Gasteiger partial charge in [0.2, 0.25) is 0 Å². The van der Waals surface area contributed by atoms with Crippen molar-refractivity contribution in [1.82, 2.24) is 0 Å². The SMILES string of the molecule is CC(C)(C)SC1O[C@H](CO)[C@@H](O)[C@H](O)[C@@H]1O. The van der Waals surface area contributed by atoms with Gasteiger partial charge in [0.25, 0.3) is 0 Å². The summed E-state index contributed by atoms with van der Waals surface area (Å²) in [6.07, 6.45) is -4.54. The first-order valence-corrected chi connectivity index (χ1v) is 6.12. The lowest BCUT2D eigenvalue weighted by atomic mass is 10.0. The van der Waals surface area contributed by atoms with Gasteiger partial charge >= 0.3 is 0 Å². The maximum absolute atomic E-state index is 9.75. The van der Waals surface area contributed by atoms with E-state index in [9.17, 15) is 15.3 Å². The molecule has 0 aliphatic carbocycles. The fourth-order valence-corrected chi connectivity index (χ4v) is 2.71. The Kier molecular flexibility index (Phi) is 4.62. The Labute approximate surface area is 99.4 Å². The molecule has 0 bridgehead atoms. The number of hydrogen-bond donors (Lipinski definition) is 4. The molecule has 0 aromatic heterocycles. The highest BCUT2D eigenvalue weighted by molar-refractivity contribution is 8.01. The molecule has 1 fully saturated rings. The molecule has 0 spiro atoms. The average molecular weight is 252 g/mol. The summed E-state index contributed by atoms with van der Waals surface area (Å²) in [5.74, 6) is 0. The first-order chi connectivity index (χ1) is 7.26. The van der Waals surface area contributed by atoms with Crippen LogP contribution in [0.1, 0.15) is 20.8 Å². The zero-order chi connectivity index (χ0) is 12.5. The highest BCUT2D eigenvalue weighted by Gasteiger charge is 2.44. The maximum atomic E-state index is 9.75. The van der Waals surface area contributed by atoms with Gasteiger partial charge in [-0.05, 0) is 0 Å². The molecule has 0 amide bonds. The Morgan fingerprint density at radius 1 is 1.06 bits per heavy atom. The lowest BCUT2D eigenvalue weighted by molar-refractivity contribution is -0.205. The molecule has 1 saturated heterocycles. The number of hydrogen-bond acceptors (Lipinski definition) is 6. The first kappa shape index (κ1) is 14.2. The minimum Gasteiger partial charge on any atom is -0.394 e. The molecule has 16 heavy (non-hydrogen) atoms. The molecule has 4 N–H and O–H groups in total. The Bertz CT molecular complexity index is 228. The summed E-state index contributed by atoms with van der Waals surface area (Å²) in [6, 6.07) is 0. The quantitative estimate of drug-likeness (QED) is 0.520. The second-order valence-corrected chi connectivity index (χ2v) is 6.85. The van der Waals surface area contributed by atoms with Crippen molar-refractivity contribution in [3.05, 3.63) is 0 Å². The van der Waals surface area contributed by atoms with Crippen LogP contribution in [0.4, 0.5) is 0 Å². The predicted octanol–water partition coefficient (Wildman–Crippen LogP) is -0.682. The van der Waals surface area contributed by atoms with E-state index in [1.54, 1.807) is 0 Å². The topological polar surface area (TPSA) is 90.2 Å². The molecule has 6 heteroatoms. The Morgan fingerprint density at radius 2 is 1.62 bits per heavy atom. The summed E-state index contributed by atoms with van der Waals surface area (Å²) in [4.78, 5) is 0. The maximum Gasteiger partial charge on any atom is 0.132 e. The van der Waals surface area contributed by atoms with Crippen molar-refractivity contribution in [1.29, 1.82) is 0 Å². The van der Waals surface area contributed by atoms with Gasteiger partial charge in [-0.2, -0.15) is 0 Å². The molecule has 1 rings (SSSR count). The van der Waals surface area contributed by atoms with Crippen molar-refractivity contribution in [3.8, 4) is 0 Å². The third-order valence-corrected chi connectivity index (χ3v) is 3.65. The zero-order valence-corrected chi connectivity index (χ0v) is 10.5. The Morgan fingerprint density at radius 3 is 2.06 bits per heavy atom. The molecular weight excluding hydrogens is 232 g/mol. The molecule has 0 aromatic carbocycles. The van der Waals surface area contributed by atoms with Gasteiger partial charge in [-0.15, -0.1) is 11.8 Å². The normalized spacial score (nSPS) is 41.1. The summed E-state index contributed by atoms with van der Waals surface area (Å²) < 4.78 is 5.21. The van der Waals surface area contributed by atoms with Crippen LogP contribution in [0.2, 0.25) is 0 Å². The van der Waals surface area contributed by atoms with Crippen LogP contribution in [0.5, 0.6) is 0 Å². The van der Waals surface area contributed by atoms with E-state index in [-0.39, 0.29) is 11.4 Å². The molecule has 5 atom stereocenters. The Balaban J connectivity index is 2.71. The molecule has 1 aliphatic heterocycles. The van der Waals surface area contributed by atoms with Crippen LogP contribution in [0.3, 0.4) is 0 Å². The van der Waals surface area contributed by atoms with Gasteiger partial charge in [0.05, 0.1) is 6.61 Å². The van der Waals surface area contributed by atoms with Gasteiger partial charge in [0, 0.05) is 4.75 Å². The van der Waals surface area contributed by atoms with Crippen LogP contribution in [0.15, 0.2) is 0 Å². The van der Waals surface area contributed by atoms with Crippen LogP contribution in [0, 0.1) is 0 Å². The summed E-state index contributed by atoms with van der Waals surface area (Å²) in [7, 11) is 0. The number of ether oxygens (including phenoxy) is 1. The van der Waals surface area contributed by atoms with E-state index in [2.05, 4.69) is 0 Å². The van der Waals surface area contributed by atoms with Crippen molar-refractivity contribution in [2.75, 3.05) is 6.61 Å². The van der Waals surface area contributed by atoms with Gasteiger partial charge in [-0.3, -0.25) is 0 Å². The van der Waals surface area contributed by atoms with Crippen LogP contribution in [0.25, 0.3) is 0 Å². The molecule has 0 aromatic rings. The van der Waals surface area contributed by atoms with Gasteiger partial charge in [0.15, 0.2) is 0 Å². The van der Waals surface area contributed by atoms with E-state index in [1.807, 2.05) is 20.8 Å². The molecule has 1 heterocycles. The second kappa shape index (κ2) is 5.20. The summed E-state index contributed by atoms with van der Waals surface area (Å²) >= 11 is 1.36. The third-order valence-electron chi connectivity index (χ3n) is 2.32. The molecule has 96 valence electrons. The number of aliphatic hydroxyl groups is 4. The van der Waals surface area contributed by atoms with Crippen LogP contribution in [-0.4, -0.2) is 61.6 Å². The lowest BCUT2D eigenvalue weighted by Gasteiger charge is -2.41. The van der Waals surface area contributed by atoms with Crippen molar-refractivity contribution >= 4 is 11.8 Å². The molecule has 1 aliphatic rings. The van der Waals surface area contributed by atoms with E-state index in [0.29, 0.717) is 0 Å². The van der Waals surface area contributed by atoms with Crippen molar-refractivity contribution in [3.63, 3.8) is 0 Å². The second-order valence-electron chi connectivity index (χ2n) is 4.93. The minimum absolute atomic E-state index is 0.145. The van der Waals surface area contributed by atoms with E-state index >= 15 is 0 Å². The first-order valence-electron chi connectivity index (χ1n) is 5.24. The molecule has 5 nitrogen and oxygen atoms in total. The number of thioether (sulfide) groups is 1. The Hall–Kier alpha value is 0.150. The molecule has 0 radical (unpaired) electrons. The van der Waals surface area contributed by atoms with Crippen molar-refractivity contribution < 1.29 is 25.2 Å². The summed E-state index contributed by atoms with van der Waals surface area (Å²) in [5.41, 5.74) is -0.643. The van der Waals surface area contributed by atoms with Gasteiger partial charge in [0.1, 0.15) is 29.9 Å². The van der Waals surface area contributed by atoms with Gasteiger partial charge in [-0.25, -0.2) is 0 Å². The van der Waals surface area contributed by atoms with E-state index in [4.69, 9.17) is 9.84 Å². The van der Waals surface area contributed by atoms with E-state index in [1.165, 1.54) is 11.8 Å². The van der Waals surface area contributed by atoms with Crippen molar-refractivity contribution in [2.45, 2.75) is 55.4 Å². The largest absolute Gasteiger partial charge is 0.394 e. The predicted molar refractivity (Wildman–Crippen MR) is 61.1 cm³/mol. The molecular formula is C10H20O5S. The fraction of sp³-hybridized carbons (Fsp3) is 1.00. The smallest absolute Gasteiger partial charge is 0.132 e. The van der Waals surface area contributed by atoms with Gasteiger partial charge < -0.3 is 25.2 Å². The third kappa shape index (κ3) is 3.32. The average Bonchev–Trinajstić information content (AvgIpc) is 2.17. The highest BCUT2D eigenvalue weighted by atomic mass is 32.2. The van der Waals surface area contributed by atoms with Gasteiger partial charge in [-0.1, -0.05) is 20.8 Å². The standard InChI is InChI=1S/C10H20O5S/c1-10(2,3)16-9-8(14)7(13)6(12)5(4-11)15-9/h5-9,11-14H,4H2,1-3H3/t5-,6-,7+,8+,9?/m1/s1. The van der Waals surface area contributed by atoms with Crippen LogP contribution in [-0.2, 0) is 4.74 Å². The van der Waals surface area contributed by atoms with Crippen LogP contribution >= 0.6 is 11.8 Å². The summed E-state index contributed by atoms with van der Waals surface area (Å²) in [6.45, 7) is 5.49. The molecule has 1 unspecified atom stereocenters. The van der Waals surface area contributed by atoms with E-state index in [0.717, 1.165) is 0 Å². The minimum atomic E-state index is -1.29. The van der Waals surface area contributed by atoms with Crippen molar-refractivity contribution in [2.24, 2.45) is 0 Å². The zero-order valence-electron chi connectivity index (χ0n) is 9.70. The number of aliphatic hydroxyl groups excluding tert-OH is 4. The number of rotatable bonds is 2. The monoisotopic (exact) mass is 252 g/mol. The fourth-order valence-electron chi connectivity index (χ4n) is 1.51. The molecule has 0 saturated carbocycles. The lowest BCUT2D eigenvalue weighted by Crippen LogP contribution is -2.58. The van der Waals surface area contributed by atoms with E-state index < -0.39 is 29.9 Å².